The normalized spacial score (nSPS) is 11.3. The van der Waals surface area contributed by atoms with Gasteiger partial charge in [0.25, 0.3) is 5.56 Å². The van der Waals surface area contributed by atoms with E-state index in [1.807, 2.05) is 19.1 Å². The maximum atomic E-state index is 14.2. The van der Waals surface area contributed by atoms with Gasteiger partial charge in [0.05, 0.1) is 31.7 Å². The summed E-state index contributed by atoms with van der Waals surface area (Å²) in [5, 5.41) is 0. The topological polar surface area (TPSA) is 71.1 Å². The maximum Gasteiger partial charge on any atom is 0.337 e. The van der Waals surface area contributed by atoms with Crippen LogP contribution in [0.1, 0.15) is 11.1 Å². The highest BCUT2D eigenvalue weighted by molar-refractivity contribution is 5.72. The van der Waals surface area contributed by atoms with Crippen molar-refractivity contribution in [2.24, 2.45) is 0 Å². The fourth-order valence-corrected chi connectivity index (χ4v) is 3.42. The summed E-state index contributed by atoms with van der Waals surface area (Å²) >= 11 is 0. The number of ether oxygens (including phenoxy) is 1. The quantitative estimate of drug-likeness (QED) is 0.492. The molecule has 2 heterocycles. The number of hydrogen-bond donors (Lipinski definition) is 0. The number of benzene rings is 2. The second kappa shape index (κ2) is 8.08. The Labute approximate surface area is 171 Å². The van der Waals surface area contributed by atoms with Gasteiger partial charge in [0.2, 0.25) is 0 Å². The van der Waals surface area contributed by atoms with Crippen LogP contribution in [0.2, 0.25) is 0 Å². The van der Waals surface area contributed by atoms with Crippen LogP contribution in [0.3, 0.4) is 0 Å². The fourth-order valence-electron chi connectivity index (χ4n) is 3.42. The van der Waals surface area contributed by atoms with Crippen molar-refractivity contribution in [3.05, 3.63) is 92.6 Å². The summed E-state index contributed by atoms with van der Waals surface area (Å²) < 4.78 is 23.4. The van der Waals surface area contributed by atoms with Crippen LogP contribution in [-0.2, 0) is 17.8 Å². The zero-order valence-corrected chi connectivity index (χ0v) is 16.7. The lowest BCUT2D eigenvalue weighted by atomic mass is 10.2. The van der Waals surface area contributed by atoms with Crippen molar-refractivity contribution in [1.29, 1.82) is 0 Å². The van der Waals surface area contributed by atoms with Gasteiger partial charge in [-0.2, -0.15) is 0 Å². The Balaban J connectivity index is 1.98. The third-order valence-corrected chi connectivity index (χ3v) is 5.01. The SMILES string of the molecule is COCCn1c(=O)c2c(ncn2Cc2ccccc2F)n(-c2ccc(C)cc2)c1=O. The Morgan fingerprint density at radius 2 is 1.80 bits per heavy atom. The molecule has 4 rings (SSSR count). The van der Waals surface area contributed by atoms with Gasteiger partial charge < -0.3 is 9.30 Å². The highest BCUT2D eigenvalue weighted by Crippen LogP contribution is 2.16. The molecule has 7 nitrogen and oxygen atoms in total. The molecule has 0 N–H and O–H groups in total. The van der Waals surface area contributed by atoms with E-state index in [0.29, 0.717) is 11.3 Å². The Morgan fingerprint density at radius 3 is 2.50 bits per heavy atom. The first kappa shape index (κ1) is 19.8. The summed E-state index contributed by atoms with van der Waals surface area (Å²) in [4.78, 5) is 30.7. The van der Waals surface area contributed by atoms with Gasteiger partial charge in [-0.25, -0.2) is 18.7 Å². The zero-order chi connectivity index (χ0) is 21.3. The van der Waals surface area contributed by atoms with Gasteiger partial charge in [0.15, 0.2) is 11.2 Å². The molecule has 0 aliphatic rings. The molecule has 0 radical (unpaired) electrons. The predicted molar refractivity (Wildman–Crippen MR) is 112 cm³/mol. The molecular formula is C22H21FN4O3. The zero-order valence-electron chi connectivity index (χ0n) is 16.7. The molecule has 4 aromatic rings. The highest BCUT2D eigenvalue weighted by atomic mass is 19.1. The molecule has 8 heteroatoms. The molecule has 0 saturated carbocycles. The molecule has 0 bridgehead atoms. The number of methoxy groups -OCH3 is 1. The van der Waals surface area contributed by atoms with E-state index >= 15 is 0 Å². The van der Waals surface area contributed by atoms with E-state index < -0.39 is 11.2 Å². The molecule has 0 unspecified atom stereocenters. The van der Waals surface area contributed by atoms with Crippen molar-refractivity contribution in [3.63, 3.8) is 0 Å². The number of rotatable bonds is 6. The van der Waals surface area contributed by atoms with Crippen LogP contribution in [0.25, 0.3) is 16.9 Å². The number of imidazole rings is 1. The molecule has 0 amide bonds. The minimum Gasteiger partial charge on any atom is -0.383 e. The number of aryl methyl sites for hydroxylation is 1. The fraction of sp³-hybridized carbons (Fsp3) is 0.227. The molecular weight excluding hydrogens is 387 g/mol. The Morgan fingerprint density at radius 1 is 1.07 bits per heavy atom. The summed E-state index contributed by atoms with van der Waals surface area (Å²) in [6.45, 7) is 2.37. The predicted octanol–water partition coefficient (Wildman–Crippen LogP) is 2.49. The van der Waals surface area contributed by atoms with Crippen LogP contribution in [0.15, 0.2) is 64.4 Å². The molecule has 0 aliphatic heterocycles. The van der Waals surface area contributed by atoms with Crippen LogP contribution in [0, 0.1) is 12.7 Å². The second-order valence-corrected chi connectivity index (χ2v) is 7.04. The van der Waals surface area contributed by atoms with Gasteiger partial charge in [-0.05, 0) is 25.1 Å². The average molecular weight is 408 g/mol. The number of hydrogen-bond acceptors (Lipinski definition) is 4. The van der Waals surface area contributed by atoms with Crippen molar-refractivity contribution in [1.82, 2.24) is 18.7 Å². The van der Waals surface area contributed by atoms with E-state index in [1.54, 1.807) is 34.9 Å². The minimum absolute atomic E-state index is 0.0981. The van der Waals surface area contributed by atoms with Crippen molar-refractivity contribution < 1.29 is 9.13 Å². The first-order valence-corrected chi connectivity index (χ1v) is 9.51. The lowest BCUT2D eigenvalue weighted by Gasteiger charge is -2.13. The number of aromatic nitrogens is 4. The molecule has 154 valence electrons. The number of fused-ring (bicyclic) bond motifs is 1. The van der Waals surface area contributed by atoms with Gasteiger partial charge in [-0.1, -0.05) is 35.9 Å². The molecule has 0 atom stereocenters. The maximum absolute atomic E-state index is 14.2. The first-order valence-electron chi connectivity index (χ1n) is 9.51. The lowest BCUT2D eigenvalue weighted by Crippen LogP contribution is -2.41. The third-order valence-electron chi connectivity index (χ3n) is 5.01. The standard InChI is InChI=1S/C22H21FN4O3/c1-15-7-9-17(10-8-15)27-20-19(21(28)26(22(27)29)11-12-30-2)25(14-24-20)13-16-5-3-4-6-18(16)23/h3-10,14H,11-13H2,1-2H3. The first-order chi connectivity index (χ1) is 14.5. The van der Waals surface area contributed by atoms with Crippen LogP contribution < -0.4 is 11.2 Å². The molecule has 0 saturated heterocycles. The Kier molecular flexibility index (Phi) is 5.33. The lowest BCUT2D eigenvalue weighted by molar-refractivity contribution is 0.184. The largest absolute Gasteiger partial charge is 0.383 e. The van der Waals surface area contributed by atoms with E-state index in [1.165, 1.54) is 24.1 Å². The van der Waals surface area contributed by atoms with Gasteiger partial charge >= 0.3 is 5.69 Å². The smallest absolute Gasteiger partial charge is 0.337 e. The number of halogens is 1. The molecule has 30 heavy (non-hydrogen) atoms. The summed E-state index contributed by atoms with van der Waals surface area (Å²) in [6, 6.07) is 13.7. The van der Waals surface area contributed by atoms with E-state index in [4.69, 9.17) is 4.74 Å². The minimum atomic E-state index is -0.496. The van der Waals surface area contributed by atoms with E-state index in [2.05, 4.69) is 4.98 Å². The third kappa shape index (κ3) is 3.46. The van der Waals surface area contributed by atoms with Gasteiger partial charge in [0, 0.05) is 12.7 Å². The van der Waals surface area contributed by atoms with Crippen molar-refractivity contribution in [2.75, 3.05) is 13.7 Å². The van der Waals surface area contributed by atoms with Crippen LogP contribution in [-0.4, -0.2) is 32.4 Å². The van der Waals surface area contributed by atoms with Gasteiger partial charge in [-0.15, -0.1) is 0 Å². The summed E-state index contributed by atoms with van der Waals surface area (Å²) in [6.07, 6.45) is 1.46. The van der Waals surface area contributed by atoms with Crippen LogP contribution >= 0.6 is 0 Å². The van der Waals surface area contributed by atoms with E-state index in [0.717, 1.165) is 10.1 Å². The van der Waals surface area contributed by atoms with Crippen molar-refractivity contribution >= 4 is 11.2 Å². The monoisotopic (exact) mass is 408 g/mol. The van der Waals surface area contributed by atoms with Gasteiger partial charge in [0.1, 0.15) is 5.82 Å². The van der Waals surface area contributed by atoms with Crippen LogP contribution in [0.4, 0.5) is 4.39 Å². The van der Waals surface area contributed by atoms with E-state index in [-0.39, 0.29) is 36.7 Å². The molecule has 0 aliphatic carbocycles. The van der Waals surface area contributed by atoms with Crippen molar-refractivity contribution in [2.45, 2.75) is 20.0 Å². The summed E-state index contributed by atoms with van der Waals surface area (Å²) in [5.41, 5.74) is 1.55. The number of nitrogens with zero attached hydrogens (tertiary/aromatic N) is 4. The van der Waals surface area contributed by atoms with Gasteiger partial charge in [-0.3, -0.25) is 9.36 Å². The molecule has 2 aromatic carbocycles. The average Bonchev–Trinajstić information content (AvgIpc) is 3.14. The highest BCUT2D eigenvalue weighted by Gasteiger charge is 2.19. The summed E-state index contributed by atoms with van der Waals surface area (Å²) in [7, 11) is 1.50. The van der Waals surface area contributed by atoms with Crippen molar-refractivity contribution in [3.8, 4) is 5.69 Å². The second-order valence-electron chi connectivity index (χ2n) is 7.04. The van der Waals surface area contributed by atoms with Crippen LogP contribution in [0.5, 0.6) is 0 Å². The summed E-state index contributed by atoms with van der Waals surface area (Å²) in [5.74, 6) is -0.370. The molecule has 0 fully saturated rings. The molecule has 0 spiro atoms. The Hall–Kier alpha value is -3.52. The van der Waals surface area contributed by atoms with E-state index in [9.17, 15) is 14.0 Å². The Bertz CT molecular complexity index is 1320. The molecule has 2 aromatic heterocycles.